The zero-order valence-electron chi connectivity index (χ0n) is 11.9. The Morgan fingerprint density at radius 2 is 1.80 bits per heavy atom. The van der Waals surface area contributed by atoms with Gasteiger partial charge in [-0.3, -0.25) is 0 Å². The van der Waals surface area contributed by atoms with Crippen molar-refractivity contribution in [2.45, 2.75) is 19.4 Å². The maximum absolute atomic E-state index is 10.1. The smallest absolute Gasteiger partial charge is 0.161 e. The van der Waals surface area contributed by atoms with Crippen LogP contribution in [0.25, 0.3) is 0 Å². The lowest BCUT2D eigenvalue weighted by atomic mass is 10.1. The summed E-state index contributed by atoms with van der Waals surface area (Å²) in [4.78, 5) is 0. The number of hydrogen-bond acceptors (Lipinski definition) is 3. The molecule has 0 aliphatic heterocycles. The number of methoxy groups -OCH3 is 1. The molecule has 1 atom stereocenters. The Hall–Kier alpha value is -2.00. The van der Waals surface area contributed by atoms with Crippen molar-refractivity contribution in [3.8, 4) is 11.5 Å². The highest BCUT2D eigenvalue weighted by Crippen LogP contribution is 2.28. The first-order valence-electron chi connectivity index (χ1n) is 6.71. The molecule has 0 heterocycles. The van der Waals surface area contributed by atoms with E-state index in [1.165, 1.54) is 0 Å². The maximum Gasteiger partial charge on any atom is 0.161 e. The van der Waals surface area contributed by atoms with Crippen LogP contribution in [0.15, 0.2) is 48.5 Å². The molecule has 2 aromatic rings. The van der Waals surface area contributed by atoms with Gasteiger partial charge in [0.2, 0.25) is 0 Å². The minimum absolute atomic E-state index is 0.440. The van der Waals surface area contributed by atoms with E-state index in [9.17, 15) is 5.11 Å². The van der Waals surface area contributed by atoms with Gasteiger partial charge in [0.15, 0.2) is 11.5 Å². The van der Waals surface area contributed by atoms with E-state index in [0.717, 1.165) is 16.9 Å². The van der Waals surface area contributed by atoms with Crippen molar-refractivity contribution in [2.75, 3.05) is 13.7 Å². The molecule has 0 saturated heterocycles. The number of rotatable bonds is 6. The molecular formula is C17H20O3. The highest BCUT2D eigenvalue weighted by molar-refractivity contribution is 5.42. The van der Waals surface area contributed by atoms with E-state index < -0.39 is 6.10 Å². The minimum atomic E-state index is -0.507. The lowest BCUT2D eigenvalue weighted by molar-refractivity contribution is 0.139. The van der Waals surface area contributed by atoms with Gasteiger partial charge in [0.05, 0.1) is 19.8 Å². The fourth-order valence-corrected chi connectivity index (χ4v) is 2.02. The van der Waals surface area contributed by atoms with Crippen LogP contribution in [0.3, 0.4) is 0 Å². The van der Waals surface area contributed by atoms with Crippen molar-refractivity contribution < 1.29 is 14.6 Å². The molecule has 3 nitrogen and oxygen atoms in total. The maximum atomic E-state index is 10.1. The summed E-state index contributed by atoms with van der Waals surface area (Å²) >= 11 is 0. The van der Waals surface area contributed by atoms with Gasteiger partial charge in [-0.15, -0.1) is 0 Å². The van der Waals surface area contributed by atoms with Crippen LogP contribution in [0.4, 0.5) is 0 Å². The van der Waals surface area contributed by atoms with Gasteiger partial charge < -0.3 is 14.6 Å². The summed E-state index contributed by atoms with van der Waals surface area (Å²) in [5.74, 6) is 1.43. The lowest BCUT2D eigenvalue weighted by Crippen LogP contribution is -2.06. The van der Waals surface area contributed by atoms with Crippen molar-refractivity contribution in [1.82, 2.24) is 0 Å². The molecule has 0 radical (unpaired) electrons. The normalized spacial score (nSPS) is 11.9. The topological polar surface area (TPSA) is 38.7 Å². The van der Waals surface area contributed by atoms with Crippen molar-refractivity contribution in [2.24, 2.45) is 0 Å². The Kier molecular flexibility index (Phi) is 5.02. The highest BCUT2D eigenvalue weighted by atomic mass is 16.5. The number of aryl methyl sites for hydroxylation is 1. The van der Waals surface area contributed by atoms with Gasteiger partial charge in [-0.2, -0.15) is 0 Å². The molecule has 0 amide bonds. The van der Waals surface area contributed by atoms with Gasteiger partial charge in [-0.25, -0.2) is 0 Å². The molecule has 2 aromatic carbocycles. The second-order valence-electron chi connectivity index (χ2n) is 4.72. The molecule has 1 N–H and O–H groups in total. The van der Waals surface area contributed by atoms with E-state index in [1.807, 2.05) is 55.5 Å². The van der Waals surface area contributed by atoms with Crippen LogP contribution in [-0.4, -0.2) is 18.8 Å². The molecule has 0 aliphatic carbocycles. The molecule has 0 saturated carbocycles. The first-order valence-corrected chi connectivity index (χ1v) is 6.71. The monoisotopic (exact) mass is 272 g/mol. The van der Waals surface area contributed by atoms with Gasteiger partial charge in [0, 0.05) is 6.42 Å². The molecule has 106 valence electrons. The Morgan fingerprint density at radius 3 is 2.50 bits per heavy atom. The second-order valence-corrected chi connectivity index (χ2v) is 4.72. The SMILES string of the molecule is COc1cc(C)ccc1OCCC(O)c1ccccc1. The van der Waals surface area contributed by atoms with Crippen molar-refractivity contribution in [3.05, 3.63) is 59.7 Å². The molecule has 20 heavy (non-hydrogen) atoms. The van der Waals surface area contributed by atoms with E-state index in [-0.39, 0.29) is 0 Å². The number of aliphatic hydroxyl groups excluding tert-OH is 1. The molecule has 1 unspecified atom stereocenters. The highest BCUT2D eigenvalue weighted by Gasteiger charge is 2.09. The fraction of sp³-hybridized carbons (Fsp3) is 0.294. The number of aliphatic hydroxyl groups is 1. The van der Waals surface area contributed by atoms with Gasteiger partial charge in [0.1, 0.15) is 0 Å². The average Bonchev–Trinajstić information content (AvgIpc) is 2.49. The minimum Gasteiger partial charge on any atom is -0.493 e. The molecule has 0 spiro atoms. The molecule has 0 fully saturated rings. The Morgan fingerprint density at radius 1 is 1.05 bits per heavy atom. The molecule has 0 bridgehead atoms. The number of hydrogen-bond donors (Lipinski definition) is 1. The van der Waals surface area contributed by atoms with Gasteiger partial charge in [0.25, 0.3) is 0 Å². The third kappa shape index (κ3) is 3.75. The third-order valence-corrected chi connectivity index (χ3v) is 3.15. The fourth-order valence-electron chi connectivity index (χ4n) is 2.02. The number of ether oxygens (including phenoxy) is 2. The zero-order chi connectivity index (χ0) is 14.4. The van der Waals surface area contributed by atoms with E-state index in [1.54, 1.807) is 7.11 Å². The summed E-state index contributed by atoms with van der Waals surface area (Å²) in [7, 11) is 1.63. The van der Waals surface area contributed by atoms with E-state index in [4.69, 9.17) is 9.47 Å². The van der Waals surface area contributed by atoms with Crippen LogP contribution >= 0.6 is 0 Å². The summed E-state index contributed by atoms with van der Waals surface area (Å²) < 4.78 is 11.0. The summed E-state index contributed by atoms with van der Waals surface area (Å²) in [6.07, 6.45) is 0.0359. The Bertz CT molecular complexity index is 537. The third-order valence-electron chi connectivity index (χ3n) is 3.15. The van der Waals surface area contributed by atoms with Crippen LogP contribution in [0.1, 0.15) is 23.7 Å². The van der Waals surface area contributed by atoms with Gasteiger partial charge in [-0.05, 0) is 30.2 Å². The van der Waals surface area contributed by atoms with Crippen LogP contribution in [0.5, 0.6) is 11.5 Å². The predicted molar refractivity (Wildman–Crippen MR) is 79.2 cm³/mol. The van der Waals surface area contributed by atoms with E-state index in [2.05, 4.69) is 0 Å². The van der Waals surface area contributed by atoms with Crippen LogP contribution in [-0.2, 0) is 0 Å². The predicted octanol–water partition coefficient (Wildman–Crippen LogP) is 3.51. The Balaban J connectivity index is 1.90. The zero-order valence-corrected chi connectivity index (χ0v) is 11.9. The van der Waals surface area contributed by atoms with Crippen LogP contribution in [0, 0.1) is 6.92 Å². The van der Waals surface area contributed by atoms with Crippen LogP contribution < -0.4 is 9.47 Å². The quantitative estimate of drug-likeness (QED) is 0.874. The second kappa shape index (κ2) is 6.96. The first kappa shape index (κ1) is 14.4. The Labute approximate surface area is 119 Å². The van der Waals surface area contributed by atoms with Gasteiger partial charge in [-0.1, -0.05) is 36.4 Å². The largest absolute Gasteiger partial charge is 0.493 e. The molecule has 2 rings (SSSR count). The molecular weight excluding hydrogens is 252 g/mol. The number of benzene rings is 2. The summed E-state index contributed by atoms with van der Waals surface area (Å²) in [6.45, 7) is 2.45. The summed E-state index contributed by atoms with van der Waals surface area (Å²) in [5.41, 5.74) is 2.03. The van der Waals surface area contributed by atoms with Crippen molar-refractivity contribution >= 4 is 0 Å². The van der Waals surface area contributed by atoms with Crippen molar-refractivity contribution in [1.29, 1.82) is 0 Å². The van der Waals surface area contributed by atoms with E-state index >= 15 is 0 Å². The lowest BCUT2D eigenvalue weighted by Gasteiger charge is -2.14. The van der Waals surface area contributed by atoms with Gasteiger partial charge >= 0.3 is 0 Å². The standard InChI is InChI=1S/C17H20O3/c1-13-8-9-16(17(12-13)19-2)20-11-10-15(18)14-6-4-3-5-7-14/h3-9,12,15,18H,10-11H2,1-2H3. The average molecular weight is 272 g/mol. The summed E-state index contributed by atoms with van der Waals surface area (Å²) in [6, 6.07) is 15.4. The first-order chi connectivity index (χ1) is 9.70. The molecule has 0 aliphatic rings. The molecule has 0 aromatic heterocycles. The van der Waals surface area contributed by atoms with Crippen molar-refractivity contribution in [3.63, 3.8) is 0 Å². The summed E-state index contributed by atoms with van der Waals surface area (Å²) in [5, 5.41) is 10.1. The van der Waals surface area contributed by atoms with E-state index in [0.29, 0.717) is 18.8 Å². The molecule has 3 heteroatoms. The van der Waals surface area contributed by atoms with Crippen LogP contribution in [0.2, 0.25) is 0 Å².